The highest BCUT2D eigenvalue weighted by atomic mass is 35.5. The summed E-state index contributed by atoms with van der Waals surface area (Å²) in [5.41, 5.74) is 6.62. The minimum Gasteiger partial charge on any atom is -0.382 e. The van der Waals surface area contributed by atoms with E-state index in [1.165, 1.54) is 0 Å². The number of nitriles is 1. The fourth-order valence-electron chi connectivity index (χ4n) is 1.49. The van der Waals surface area contributed by atoms with Crippen molar-refractivity contribution in [3.63, 3.8) is 0 Å². The second kappa shape index (κ2) is 5.42. The zero-order valence-corrected chi connectivity index (χ0v) is 10.9. The summed E-state index contributed by atoms with van der Waals surface area (Å²) < 4.78 is 0. The van der Waals surface area contributed by atoms with E-state index in [1.807, 2.05) is 12.1 Å². The molecule has 6 nitrogen and oxygen atoms in total. The van der Waals surface area contributed by atoms with E-state index in [2.05, 4.69) is 20.6 Å². The number of anilines is 4. The van der Waals surface area contributed by atoms with Gasteiger partial charge in [0.2, 0.25) is 5.95 Å². The monoisotopic (exact) mass is 274 g/mol. The normalized spacial score (nSPS) is 9.74. The number of nitrogens with zero attached hydrogens (tertiary/aromatic N) is 3. The number of nitrogens with two attached hydrogens (primary N) is 1. The molecular formula is C12H11ClN6. The van der Waals surface area contributed by atoms with Gasteiger partial charge in [-0.25, -0.2) is 0 Å². The zero-order valence-electron chi connectivity index (χ0n) is 10.1. The fourth-order valence-corrected chi connectivity index (χ4v) is 1.68. The molecule has 0 amide bonds. The number of halogens is 1. The van der Waals surface area contributed by atoms with Crippen LogP contribution in [0.4, 0.5) is 23.3 Å². The highest BCUT2D eigenvalue weighted by molar-refractivity contribution is 6.30. The van der Waals surface area contributed by atoms with E-state index < -0.39 is 0 Å². The maximum Gasteiger partial charge on any atom is 0.226 e. The molecule has 0 aliphatic heterocycles. The Hall–Kier alpha value is -2.52. The summed E-state index contributed by atoms with van der Waals surface area (Å²) in [6.45, 7) is 0. The molecule has 0 saturated carbocycles. The van der Waals surface area contributed by atoms with E-state index >= 15 is 0 Å². The number of nitrogen functional groups attached to an aromatic ring is 1. The van der Waals surface area contributed by atoms with Crippen LogP contribution in [0.15, 0.2) is 24.3 Å². The smallest absolute Gasteiger partial charge is 0.226 e. The zero-order chi connectivity index (χ0) is 13.8. The van der Waals surface area contributed by atoms with Gasteiger partial charge in [0.25, 0.3) is 0 Å². The van der Waals surface area contributed by atoms with Crippen LogP contribution in [0, 0.1) is 11.3 Å². The van der Waals surface area contributed by atoms with Crippen LogP contribution in [-0.2, 0) is 0 Å². The van der Waals surface area contributed by atoms with Gasteiger partial charge in [-0.2, -0.15) is 15.2 Å². The van der Waals surface area contributed by atoms with E-state index in [-0.39, 0.29) is 11.4 Å². The molecule has 19 heavy (non-hydrogen) atoms. The molecule has 2 rings (SSSR count). The molecule has 2 aromatic rings. The average molecular weight is 275 g/mol. The molecule has 0 radical (unpaired) electrons. The third kappa shape index (κ3) is 2.84. The van der Waals surface area contributed by atoms with Gasteiger partial charge in [-0.15, -0.1) is 0 Å². The standard InChI is InChI=1S/C12H11ClN6/c1-16-12-18-10(15)9(6-14)11(19-12)17-8-4-2-3-7(13)5-8/h2-5H,1H3,(H4,15,16,17,18,19). The quantitative estimate of drug-likeness (QED) is 0.794. The van der Waals surface area contributed by atoms with Crippen molar-refractivity contribution in [2.45, 2.75) is 0 Å². The van der Waals surface area contributed by atoms with Crippen molar-refractivity contribution in [1.82, 2.24) is 9.97 Å². The van der Waals surface area contributed by atoms with E-state index in [1.54, 1.807) is 25.2 Å². The van der Waals surface area contributed by atoms with Gasteiger partial charge in [-0.1, -0.05) is 17.7 Å². The van der Waals surface area contributed by atoms with E-state index in [4.69, 9.17) is 22.6 Å². The molecule has 0 fully saturated rings. The van der Waals surface area contributed by atoms with Crippen molar-refractivity contribution in [2.75, 3.05) is 23.4 Å². The highest BCUT2D eigenvalue weighted by Crippen LogP contribution is 2.24. The van der Waals surface area contributed by atoms with Crippen LogP contribution in [-0.4, -0.2) is 17.0 Å². The lowest BCUT2D eigenvalue weighted by atomic mass is 10.2. The Labute approximate surface area is 115 Å². The fraction of sp³-hybridized carbons (Fsp3) is 0.0833. The molecule has 96 valence electrons. The molecular weight excluding hydrogens is 264 g/mol. The molecule has 0 unspecified atom stereocenters. The SMILES string of the molecule is CNc1nc(N)c(C#N)c(Nc2cccc(Cl)c2)n1. The van der Waals surface area contributed by atoms with E-state index in [9.17, 15) is 0 Å². The van der Waals surface area contributed by atoms with Crippen molar-refractivity contribution >= 4 is 34.9 Å². The molecule has 1 aromatic heterocycles. The Morgan fingerprint density at radius 2 is 2.16 bits per heavy atom. The third-order valence-corrected chi connectivity index (χ3v) is 2.59. The molecule has 0 saturated heterocycles. The summed E-state index contributed by atoms with van der Waals surface area (Å²) in [7, 11) is 1.67. The summed E-state index contributed by atoms with van der Waals surface area (Å²) >= 11 is 5.90. The van der Waals surface area contributed by atoms with Gasteiger partial charge in [-0.05, 0) is 18.2 Å². The molecule has 0 atom stereocenters. The maximum atomic E-state index is 9.10. The Bertz CT molecular complexity index is 649. The summed E-state index contributed by atoms with van der Waals surface area (Å²) in [4.78, 5) is 8.12. The molecule has 0 aliphatic rings. The van der Waals surface area contributed by atoms with Gasteiger partial charge in [0, 0.05) is 17.8 Å². The molecule has 1 heterocycles. The van der Waals surface area contributed by atoms with Crippen LogP contribution in [0.5, 0.6) is 0 Å². The maximum absolute atomic E-state index is 9.10. The van der Waals surface area contributed by atoms with Crippen molar-refractivity contribution in [1.29, 1.82) is 5.26 Å². The molecule has 0 aliphatic carbocycles. The number of nitrogens with one attached hydrogen (secondary N) is 2. The Balaban J connectivity index is 2.44. The molecule has 0 bridgehead atoms. The summed E-state index contributed by atoms with van der Waals surface area (Å²) in [6.07, 6.45) is 0. The molecule has 1 aromatic carbocycles. The van der Waals surface area contributed by atoms with E-state index in [0.717, 1.165) is 0 Å². The largest absolute Gasteiger partial charge is 0.382 e. The Morgan fingerprint density at radius 3 is 2.79 bits per heavy atom. The van der Waals surface area contributed by atoms with Gasteiger partial charge in [-0.3, -0.25) is 0 Å². The van der Waals surface area contributed by atoms with E-state index in [0.29, 0.717) is 22.5 Å². The molecule has 4 N–H and O–H groups in total. The predicted molar refractivity (Wildman–Crippen MR) is 75.4 cm³/mol. The second-order valence-electron chi connectivity index (χ2n) is 3.65. The molecule has 0 spiro atoms. The number of hydrogen-bond acceptors (Lipinski definition) is 6. The second-order valence-corrected chi connectivity index (χ2v) is 4.09. The van der Waals surface area contributed by atoms with Gasteiger partial charge in [0.1, 0.15) is 17.5 Å². The highest BCUT2D eigenvalue weighted by Gasteiger charge is 2.12. The van der Waals surface area contributed by atoms with Gasteiger partial charge in [0.05, 0.1) is 0 Å². The van der Waals surface area contributed by atoms with Gasteiger partial charge in [0.15, 0.2) is 5.82 Å². The first kappa shape index (κ1) is 12.9. The Kier molecular flexibility index (Phi) is 3.68. The van der Waals surface area contributed by atoms with Crippen molar-refractivity contribution in [3.05, 3.63) is 34.9 Å². The average Bonchev–Trinajstić information content (AvgIpc) is 2.38. The Morgan fingerprint density at radius 1 is 1.37 bits per heavy atom. The van der Waals surface area contributed by atoms with Gasteiger partial charge < -0.3 is 16.4 Å². The third-order valence-electron chi connectivity index (χ3n) is 2.36. The number of aromatic nitrogens is 2. The summed E-state index contributed by atoms with van der Waals surface area (Å²) in [6, 6.07) is 9.06. The van der Waals surface area contributed by atoms with Crippen LogP contribution < -0.4 is 16.4 Å². The first-order valence-corrected chi connectivity index (χ1v) is 5.80. The molecule has 7 heteroatoms. The van der Waals surface area contributed by atoms with Crippen molar-refractivity contribution in [3.8, 4) is 6.07 Å². The lowest BCUT2D eigenvalue weighted by molar-refractivity contribution is 1.15. The van der Waals surface area contributed by atoms with Crippen LogP contribution in [0.1, 0.15) is 5.56 Å². The number of benzene rings is 1. The topological polar surface area (TPSA) is 99.6 Å². The van der Waals surface area contributed by atoms with Gasteiger partial charge >= 0.3 is 0 Å². The first-order valence-electron chi connectivity index (χ1n) is 5.42. The van der Waals surface area contributed by atoms with Crippen molar-refractivity contribution < 1.29 is 0 Å². The van der Waals surface area contributed by atoms with Crippen LogP contribution >= 0.6 is 11.6 Å². The minimum atomic E-state index is 0.117. The number of rotatable bonds is 3. The van der Waals surface area contributed by atoms with Crippen LogP contribution in [0.2, 0.25) is 5.02 Å². The minimum absolute atomic E-state index is 0.117. The van der Waals surface area contributed by atoms with Crippen LogP contribution in [0.3, 0.4) is 0 Å². The van der Waals surface area contributed by atoms with Crippen LogP contribution in [0.25, 0.3) is 0 Å². The number of hydrogen-bond donors (Lipinski definition) is 3. The lowest BCUT2D eigenvalue weighted by Gasteiger charge is -2.10. The predicted octanol–water partition coefficient (Wildman–Crippen LogP) is 2.37. The van der Waals surface area contributed by atoms with Crippen molar-refractivity contribution in [2.24, 2.45) is 0 Å². The summed E-state index contributed by atoms with van der Waals surface area (Å²) in [5, 5.41) is 15.5. The lowest BCUT2D eigenvalue weighted by Crippen LogP contribution is -2.07. The summed E-state index contributed by atoms with van der Waals surface area (Å²) in [5.74, 6) is 0.786. The first-order chi connectivity index (χ1) is 9.13.